The highest BCUT2D eigenvalue weighted by atomic mass is 79.9. The Balaban J connectivity index is 1.61. The van der Waals surface area contributed by atoms with Gasteiger partial charge in [-0.15, -0.1) is 0 Å². The van der Waals surface area contributed by atoms with E-state index in [9.17, 15) is 0 Å². The van der Waals surface area contributed by atoms with Crippen molar-refractivity contribution in [1.82, 2.24) is 5.32 Å². The molecule has 0 saturated heterocycles. The van der Waals surface area contributed by atoms with E-state index in [1.54, 1.807) is 14.2 Å². The normalized spacial score (nSPS) is 12.9. The molecule has 1 N–H and O–H groups in total. The summed E-state index contributed by atoms with van der Waals surface area (Å²) < 4.78 is 17.4. The Morgan fingerprint density at radius 3 is 2.67 bits per heavy atom. The zero-order valence-electron chi connectivity index (χ0n) is 13.8. The van der Waals surface area contributed by atoms with Gasteiger partial charge in [0, 0.05) is 23.1 Å². The molecule has 1 aliphatic rings. The maximum atomic E-state index is 5.79. The highest BCUT2D eigenvalue weighted by Crippen LogP contribution is 2.29. The van der Waals surface area contributed by atoms with E-state index in [0.29, 0.717) is 6.61 Å². The largest absolute Gasteiger partial charge is 0.493 e. The van der Waals surface area contributed by atoms with Crippen molar-refractivity contribution < 1.29 is 14.2 Å². The molecule has 126 valence electrons. The Bertz CT molecular complexity index is 758. The summed E-state index contributed by atoms with van der Waals surface area (Å²) in [6.45, 7) is 2.15. The Labute approximate surface area is 150 Å². The van der Waals surface area contributed by atoms with E-state index < -0.39 is 0 Å². The van der Waals surface area contributed by atoms with E-state index >= 15 is 0 Å². The van der Waals surface area contributed by atoms with Gasteiger partial charge < -0.3 is 19.5 Å². The summed E-state index contributed by atoms with van der Waals surface area (Å²) in [5.74, 6) is 2.42. The average molecular weight is 390 g/mol. The third kappa shape index (κ3) is 3.91. The first-order chi connectivity index (χ1) is 11.7. The maximum Gasteiger partial charge on any atom is 0.161 e. The van der Waals surface area contributed by atoms with Crippen molar-refractivity contribution in [2.24, 2.45) is 0 Å². The molecule has 4 nitrogen and oxygen atoms in total. The molecule has 0 aromatic heterocycles. The van der Waals surface area contributed by atoms with Crippen LogP contribution in [0.15, 0.2) is 46.4 Å². The van der Waals surface area contributed by atoms with Crippen molar-refractivity contribution in [1.29, 1.82) is 0 Å². The molecular formula is C19H20BrNO3. The maximum absolute atomic E-state index is 5.79. The van der Waals surface area contributed by atoms with Gasteiger partial charge in [0.15, 0.2) is 11.5 Å². The minimum atomic E-state index is 0.619. The van der Waals surface area contributed by atoms with Crippen molar-refractivity contribution in [3.8, 4) is 17.2 Å². The van der Waals surface area contributed by atoms with Gasteiger partial charge in [-0.3, -0.25) is 0 Å². The van der Waals surface area contributed by atoms with Gasteiger partial charge in [0.2, 0.25) is 0 Å². The van der Waals surface area contributed by atoms with Crippen molar-refractivity contribution >= 4 is 22.0 Å². The number of halogens is 1. The van der Waals surface area contributed by atoms with Crippen LogP contribution in [0.2, 0.25) is 0 Å². The third-order valence-corrected chi connectivity index (χ3v) is 4.37. The van der Waals surface area contributed by atoms with Gasteiger partial charge >= 0.3 is 0 Å². The van der Waals surface area contributed by atoms with E-state index in [4.69, 9.17) is 14.2 Å². The van der Waals surface area contributed by atoms with Crippen LogP contribution in [0.5, 0.6) is 17.2 Å². The molecule has 0 bridgehead atoms. The predicted octanol–water partition coefficient (Wildman–Crippen LogP) is 4.03. The predicted molar refractivity (Wildman–Crippen MR) is 98.9 cm³/mol. The fourth-order valence-corrected chi connectivity index (χ4v) is 3.03. The summed E-state index contributed by atoms with van der Waals surface area (Å²) in [5, 5.41) is 3.45. The fraction of sp³-hybridized carbons (Fsp3) is 0.263. The summed E-state index contributed by atoms with van der Waals surface area (Å²) in [4.78, 5) is 0. The SMILES string of the molecule is COc1ccc(CNCC2=Cc3cc(Br)ccc3OC2)cc1OC. The molecule has 24 heavy (non-hydrogen) atoms. The van der Waals surface area contributed by atoms with Gasteiger partial charge in [0.1, 0.15) is 12.4 Å². The van der Waals surface area contributed by atoms with E-state index in [0.717, 1.165) is 45.9 Å². The summed E-state index contributed by atoms with van der Waals surface area (Å²) in [6, 6.07) is 12.0. The molecule has 0 aliphatic carbocycles. The number of ether oxygens (including phenoxy) is 3. The molecular weight excluding hydrogens is 370 g/mol. The van der Waals surface area contributed by atoms with Gasteiger partial charge in [-0.2, -0.15) is 0 Å². The number of rotatable bonds is 6. The summed E-state index contributed by atoms with van der Waals surface area (Å²) in [5.41, 5.74) is 3.48. The van der Waals surface area contributed by atoms with Crippen molar-refractivity contribution in [3.05, 3.63) is 57.6 Å². The van der Waals surface area contributed by atoms with Crippen LogP contribution in [-0.2, 0) is 6.54 Å². The molecule has 0 radical (unpaired) electrons. The van der Waals surface area contributed by atoms with E-state index in [1.807, 2.05) is 30.3 Å². The van der Waals surface area contributed by atoms with Crippen LogP contribution >= 0.6 is 15.9 Å². The fourth-order valence-electron chi connectivity index (χ4n) is 2.66. The molecule has 1 heterocycles. The Hall–Kier alpha value is -1.98. The second-order valence-corrected chi connectivity index (χ2v) is 6.48. The zero-order valence-corrected chi connectivity index (χ0v) is 15.4. The van der Waals surface area contributed by atoms with Crippen molar-refractivity contribution in [2.45, 2.75) is 6.54 Å². The first-order valence-corrected chi connectivity index (χ1v) is 8.52. The first kappa shape index (κ1) is 16.9. The van der Waals surface area contributed by atoms with Crippen LogP contribution < -0.4 is 19.5 Å². The van der Waals surface area contributed by atoms with Crippen LogP contribution in [0.4, 0.5) is 0 Å². The number of methoxy groups -OCH3 is 2. The quantitative estimate of drug-likeness (QED) is 0.809. The third-order valence-electron chi connectivity index (χ3n) is 3.87. The monoisotopic (exact) mass is 389 g/mol. The van der Waals surface area contributed by atoms with Crippen LogP contribution in [0, 0.1) is 0 Å². The molecule has 0 amide bonds. The van der Waals surface area contributed by atoms with Gasteiger partial charge in [-0.25, -0.2) is 0 Å². The molecule has 5 heteroatoms. The van der Waals surface area contributed by atoms with Gasteiger partial charge in [0.25, 0.3) is 0 Å². The lowest BCUT2D eigenvalue weighted by molar-refractivity contribution is 0.342. The van der Waals surface area contributed by atoms with Gasteiger partial charge in [-0.05, 0) is 47.5 Å². The van der Waals surface area contributed by atoms with Crippen molar-refractivity contribution in [3.63, 3.8) is 0 Å². The van der Waals surface area contributed by atoms with Crippen LogP contribution in [0.25, 0.3) is 6.08 Å². The molecule has 2 aromatic carbocycles. The highest BCUT2D eigenvalue weighted by molar-refractivity contribution is 9.10. The number of benzene rings is 2. The first-order valence-electron chi connectivity index (χ1n) is 7.73. The van der Waals surface area contributed by atoms with Crippen molar-refractivity contribution in [2.75, 3.05) is 27.4 Å². The topological polar surface area (TPSA) is 39.7 Å². The number of fused-ring (bicyclic) bond motifs is 1. The second kappa shape index (κ2) is 7.73. The summed E-state index contributed by atoms with van der Waals surface area (Å²) in [6.07, 6.45) is 2.19. The Morgan fingerprint density at radius 1 is 1.04 bits per heavy atom. The van der Waals surface area contributed by atoms with Crippen LogP contribution in [0.1, 0.15) is 11.1 Å². The molecule has 2 aromatic rings. The lowest BCUT2D eigenvalue weighted by Crippen LogP contribution is -2.21. The molecule has 0 unspecified atom stereocenters. The smallest absolute Gasteiger partial charge is 0.161 e. The number of hydrogen-bond donors (Lipinski definition) is 1. The molecule has 0 atom stereocenters. The summed E-state index contributed by atoms with van der Waals surface area (Å²) >= 11 is 3.50. The summed E-state index contributed by atoms with van der Waals surface area (Å²) in [7, 11) is 3.29. The highest BCUT2D eigenvalue weighted by Gasteiger charge is 2.11. The molecule has 0 saturated carbocycles. The molecule has 1 aliphatic heterocycles. The number of hydrogen-bond acceptors (Lipinski definition) is 4. The molecule has 0 fully saturated rings. The van der Waals surface area contributed by atoms with E-state index in [-0.39, 0.29) is 0 Å². The van der Waals surface area contributed by atoms with E-state index in [2.05, 4.69) is 33.4 Å². The lowest BCUT2D eigenvalue weighted by Gasteiger charge is -2.18. The minimum absolute atomic E-state index is 0.619. The Kier molecular flexibility index (Phi) is 5.43. The standard InChI is InChI=1S/C19H20BrNO3/c1-22-18-5-3-13(8-19(18)23-2)10-21-11-14-7-15-9-16(20)4-6-17(15)24-12-14/h3-9,21H,10-12H2,1-2H3. The molecule has 3 rings (SSSR count). The van der Waals surface area contributed by atoms with E-state index in [1.165, 1.54) is 5.57 Å². The molecule has 0 spiro atoms. The van der Waals surface area contributed by atoms with Crippen LogP contribution in [0.3, 0.4) is 0 Å². The van der Waals surface area contributed by atoms with Gasteiger partial charge in [-0.1, -0.05) is 22.0 Å². The van der Waals surface area contributed by atoms with Gasteiger partial charge in [0.05, 0.1) is 14.2 Å². The Morgan fingerprint density at radius 2 is 1.88 bits per heavy atom. The van der Waals surface area contributed by atoms with Crippen LogP contribution in [-0.4, -0.2) is 27.4 Å². The minimum Gasteiger partial charge on any atom is -0.493 e. The zero-order chi connectivity index (χ0) is 16.9. The second-order valence-electron chi connectivity index (χ2n) is 5.57. The average Bonchev–Trinajstić information content (AvgIpc) is 2.61. The number of nitrogens with one attached hydrogen (secondary N) is 1. The lowest BCUT2D eigenvalue weighted by atomic mass is 10.1.